The third-order valence-corrected chi connectivity index (χ3v) is 9.08. The minimum absolute atomic E-state index is 0.187. The molecule has 1 aliphatic heterocycles. The first kappa shape index (κ1) is 22.0. The summed E-state index contributed by atoms with van der Waals surface area (Å²) >= 11 is 1.42. The summed E-state index contributed by atoms with van der Waals surface area (Å²) in [6, 6.07) is 5.96. The SMILES string of the molecule is NC(=O)c1c(NC(=O)c2ccc(S(=O)(=O)N3CCCCC3)cc2)sc2c1CCCCC2. The van der Waals surface area contributed by atoms with Crippen molar-refractivity contribution in [2.45, 2.75) is 56.3 Å². The number of benzene rings is 1. The molecule has 4 rings (SSSR count). The van der Waals surface area contributed by atoms with Gasteiger partial charge in [-0.15, -0.1) is 11.3 Å². The molecule has 31 heavy (non-hydrogen) atoms. The maximum absolute atomic E-state index is 12.8. The Labute approximate surface area is 186 Å². The number of rotatable bonds is 5. The van der Waals surface area contributed by atoms with E-state index in [0.29, 0.717) is 29.2 Å². The first-order valence-electron chi connectivity index (χ1n) is 10.7. The van der Waals surface area contributed by atoms with Crippen LogP contribution in [0.5, 0.6) is 0 Å². The van der Waals surface area contributed by atoms with Gasteiger partial charge < -0.3 is 11.1 Å². The van der Waals surface area contributed by atoms with Crippen LogP contribution in [0.3, 0.4) is 0 Å². The molecule has 0 radical (unpaired) electrons. The van der Waals surface area contributed by atoms with E-state index >= 15 is 0 Å². The maximum Gasteiger partial charge on any atom is 0.256 e. The van der Waals surface area contributed by atoms with Gasteiger partial charge in [-0.3, -0.25) is 9.59 Å². The van der Waals surface area contributed by atoms with Gasteiger partial charge in [0.05, 0.1) is 10.5 Å². The molecule has 2 amide bonds. The van der Waals surface area contributed by atoms with Crippen LogP contribution in [-0.4, -0.2) is 37.6 Å². The van der Waals surface area contributed by atoms with Crippen molar-refractivity contribution in [1.29, 1.82) is 0 Å². The first-order valence-corrected chi connectivity index (χ1v) is 13.0. The third-order valence-electron chi connectivity index (χ3n) is 5.96. The van der Waals surface area contributed by atoms with Gasteiger partial charge in [0.15, 0.2) is 0 Å². The van der Waals surface area contributed by atoms with Crippen LogP contribution in [0.15, 0.2) is 29.2 Å². The molecule has 9 heteroatoms. The van der Waals surface area contributed by atoms with Crippen molar-refractivity contribution in [3.05, 3.63) is 45.8 Å². The van der Waals surface area contributed by atoms with Crippen LogP contribution in [-0.2, 0) is 22.9 Å². The highest BCUT2D eigenvalue weighted by molar-refractivity contribution is 7.89. The van der Waals surface area contributed by atoms with E-state index in [0.717, 1.165) is 61.8 Å². The molecule has 0 saturated carbocycles. The second-order valence-electron chi connectivity index (χ2n) is 8.08. The summed E-state index contributed by atoms with van der Waals surface area (Å²) in [7, 11) is -3.54. The number of primary amides is 1. The lowest BCUT2D eigenvalue weighted by Gasteiger charge is -2.25. The van der Waals surface area contributed by atoms with Crippen LogP contribution >= 0.6 is 11.3 Å². The van der Waals surface area contributed by atoms with Crippen molar-refractivity contribution in [2.24, 2.45) is 5.73 Å². The minimum Gasteiger partial charge on any atom is -0.365 e. The van der Waals surface area contributed by atoms with Gasteiger partial charge in [-0.05, 0) is 68.4 Å². The molecular weight excluding hydrogens is 434 g/mol. The highest BCUT2D eigenvalue weighted by Gasteiger charge is 2.27. The number of piperidine rings is 1. The van der Waals surface area contributed by atoms with Crippen LogP contribution in [0.2, 0.25) is 0 Å². The zero-order valence-electron chi connectivity index (χ0n) is 17.4. The molecule has 0 bridgehead atoms. The largest absolute Gasteiger partial charge is 0.365 e. The van der Waals surface area contributed by atoms with Crippen molar-refractivity contribution < 1.29 is 18.0 Å². The average Bonchev–Trinajstić information content (AvgIpc) is 2.95. The highest BCUT2D eigenvalue weighted by Crippen LogP contribution is 2.37. The number of carbonyl (C=O) groups is 2. The van der Waals surface area contributed by atoms with Gasteiger partial charge in [0, 0.05) is 23.5 Å². The fourth-order valence-electron chi connectivity index (χ4n) is 4.30. The lowest BCUT2D eigenvalue weighted by molar-refractivity contribution is 0.100. The Balaban J connectivity index is 1.54. The molecule has 7 nitrogen and oxygen atoms in total. The molecule has 2 aliphatic rings. The summed E-state index contributed by atoms with van der Waals surface area (Å²) in [4.78, 5) is 26.2. The number of aryl methyl sites for hydroxylation is 1. The lowest BCUT2D eigenvalue weighted by Crippen LogP contribution is -2.35. The molecule has 1 aromatic heterocycles. The molecule has 2 aromatic rings. The van der Waals surface area contributed by atoms with Gasteiger partial charge in [-0.25, -0.2) is 8.42 Å². The zero-order chi connectivity index (χ0) is 22.0. The number of sulfonamides is 1. The van der Waals surface area contributed by atoms with Crippen LogP contribution in [0.25, 0.3) is 0 Å². The van der Waals surface area contributed by atoms with Gasteiger partial charge in [0.1, 0.15) is 5.00 Å². The summed E-state index contributed by atoms with van der Waals surface area (Å²) in [6.45, 7) is 1.06. The molecule has 166 valence electrons. The Morgan fingerprint density at radius 3 is 2.26 bits per heavy atom. The summed E-state index contributed by atoms with van der Waals surface area (Å²) in [5, 5.41) is 3.31. The highest BCUT2D eigenvalue weighted by atomic mass is 32.2. The Morgan fingerprint density at radius 2 is 1.58 bits per heavy atom. The molecule has 0 unspecified atom stereocenters. The Bertz CT molecular complexity index is 1080. The number of anilines is 1. The van der Waals surface area contributed by atoms with E-state index in [1.165, 1.54) is 39.9 Å². The minimum atomic E-state index is -3.54. The average molecular weight is 462 g/mol. The quantitative estimate of drug-likeness (QED) is 0.664. The fraction of sp³-hybridized carbons (Fsp3) is 0.455. The van der Waals surface area contributed by atoms with E-state index in [-0.39, 0.29) is 10.8 Å². The predicted octanol–water partition coefficient (Wildman–Crippen LogP) is 3.54. The number of hydrogen-bond acceptors (Lipinski definition) is 5. The number of nitrogens with zero attached hydrogens (tertiary/aromatic N) is 1. The Morgan fingerprint density at radius 1 is 0.935 bits per heavy atom. The molecule has 0 atom stereocenters. The number of hydrogen-bond donors (Lipinski definition) is 2. The molecule has 1 aromatic carbocycles. The summed E-state index contributed by atoms with van der Waals surface area (Å²) < 4.78 is 27.1. The topological polar surface area (TPSA) is 110 Å². The van der Waals surface area contributed by atoms with E-state index in [9.17, 15) is 18.0 Å². The Kier molecular flexibility index (Phi) is 6.45. The number of amides is 2. The Hall–Kier alpha value is -2.23. The number of carbonyl (C=O) groups excluding carboxylic acids is 2. The van der Waals surface area contributed by atoms with Gasteiger partial charge in [0.2, 0.25) is 10.0 Å². The molecule has 0 spiro atoms. The van der Waals surface area contributed by atoms with Crippen LogP contribution in [0.4, 0.5) is 5.00 Å². The summed E-state index contributed by atoms with van der Waals surface area (Å²) in [5.74, 6) is -0.918. The van der Waals surface area contributed by atoms with Crippen molar-refractivity contribution in [3.8, 4) is 0 Å². The number of fused-ring (bicyclic) bond motifs is 1. The van der Waals surface area contributed by atoms with Gasteiger partial charge >= 0.3 is 0 Å². The van der Waals surface area contributed by atoms with Crippen molar-refractivity contribution in [2.75, 3.05) is 18.4 Å². The molecule has 1 saturated heterocycles. The zero-order valence-corrected chi connectivity index (χ0v) is 19.0. The van der Waals surface area contributed by atoms with Gasteiger partial charge in [0.25, 0.3) is 11.8 Å². The standard InChI is InChI=1S/C22H27N3O4S2/c23-20(26)19-17-7-3-1-4-8-18(17)30-22(19)24-21(27)15-9-11-16(12-10-15)31(28,29)25-13-5-2-6-14-25/h9-12H,1-8,13-14H2,(H2,23,26)(H,24,27). The van der Waals surface area contributed by atoms with Crippen LogP contribution < -0.4 is 11.1 Å². The molecule has 2 heterocycles. The maximum atomic E-state index is 12.8. The monoisotopic (exact) mass is 461 g/mol. The van der Waals surface area contributed by atoms with Crippen molar-refractivity contribution in [1.82, 2.24) is 4.31 Å². The van der Waals surface area contributed by atoms with E-state index in [1.807, 2.05) is 0 Å². The van der Waals surface area contributed by atoms with E-state index in [2.05, 4.69) is 5.32 Å². The third kappa shape index (κ3) is 4.53. The lowest BCUT2D eigenvalue weighted by atomic mass is 10.1. The fourth-order valence-corrected chi connectivity index (χ4v) is 7.11. The van der Waals surface area contributed by atoms with E-state index in [4.69, 9.17) is 5.73 Å². The van der Waals surface area contributed by atoms with Crippen LogP contribution in [0.1, 0.15) is 69.7 Å². The van der Waals surface area contributed by atoms with Gasteiger partial charge in [-0.1, -0.05) is 12.8 Å². The number of nitrogens with one attached hydrogen (secondary N) is 1. The predicted molar refractivity (Wildman–Crippen MR) is 121 cm³/mol. The molecular formula is C22H27N3O4S2. The van der Waals surface area contributed by atoms with E-state index < -0.39 is 15.9 Å². The molecule has 1 fully saturated rings. The van der Waals surface area contributed by atoms with Crippen LogP contribution in [0, 0.1) is 0 Å². The first-order chi connectivity index (χ1) is 14.9. The number of nitrogens with two attached hydrogens (primary N) is 1. The van der Waals surface area contributed by atoms with Crippen molar-refractivity contribution >= 4 is 38.2 Å². The van der Waals surface area contributed by atoms with Gasteiger partial charge in [-0.2, -0.15) is 4.31 Å². The molecule has 3 N–H and O–H groups in total. The normalized spacial score (nSPS) is 17.5. The molecule has 1 aliphatic carbocycles. The van der Waals surface area contributed by atoms with Crippen molar-refractivity contribution in [3.63, 3.8) is 0 Å². The second-order valence-corrected chi connectivity index (χ2v) is 11.1. The smallest absolute Gasteiger partial charge is 0.256 e. The number of thiophene rings is 1. The summed E-state index contributed by atoms with van der Waals surface area (Å²) in [5.41, 5.74) is 7.34. The van der Waals surface area contributed by atoms with E-state index in [1.54, 1.807) is 0 Å². The second kappa shape index (κ2) is 9.10. The summed E-state index contributed by atoms with van der Waals surface area (Å²) in [6.07, 6.45) is 7.65.